The highest BCUT2D eigenvalue weighted by Gasteiger charge is 2.30. The van der Waals surface area contributed by atoms with Crippen LogP contribution in [0.25, 0.3) is 0 Å². The number of nitrogens with one attached hydrogen (secondary N) is 1. The summed E-state index contributed by atoms with van der Waals surface area (Å²) < 4.78 is 48.6. The van der Waals surface area contributed by atoms with Gasteiger partial charge in [-0.15, -0.1) is 0 Å². The lowest BCUT2D eigenvalue weighted by Crippen LogP contribution is -2.08. The van der Waals surface area contributed by atoms with Crippen LogP contribution in [-0.4, -0.2) is 19.3 Å². The molecule has 0 saturated carbocycles. The zero-order valence-electron chi connectivity index (χ0n) is 13.3. The molecule has 0 aromatic heterocycles. The Balaban J connectivity index is 2.20. The van der Waals surface area contributed by atoms with E-state index in [9.17, 15) is 18.3 Å². The lowest BCUT2D eigenvalue weighted by molar-refractivity contribution is -0.137. The summed E-state index contributed by atoms with van der Waals surface area (Å²) in [7, 11) is 3.07. The molecule has 2 aromatic carbocycles. The van der Waals surface area contributed by atoms with Crippen molar-refractivity contribution in [1.29, 1.82) is 0 Å². The molecule has 0 saturated heterocycles. The third kappa shape index (κ3) is 4.11. The Morgan fingerprint density at radius 3 is 2.33 bits per heavy atom. The van der Waals surface area contributed by atoms with Gasteiger partial charge in [-0.3, -0.25) is 0 Å². The quantitative estimate of drug-likeness (QED) is 0.838. The van der Waals surface area contributed by atoms with E-state index in [1.807, 2.05) is 0 Å². The van der Waals surface area contributed by atoms with Crippen LogP contribution in [0.2, 0.25) is 0 Å². The molecule has 0 fully saturated rings. The van der Waals surface area contributed by atoms with Gasteiger partial charge in [0.15, 0.2) is 0 Å². The molecule has 0 atom stereocenters. The minimum absolute atomic E-state index is 0.178. The third-order valence-electron chi connectivity index (χ3n) is 3.57. The van der Waals surface area contributed by atoms with Crippen LogP contribution in [0.1, 0.15) is 16.7 Å². The van der Waals surface area contributed by atoms with Crippen LogP contribution in [0.5, 0.6) is 11.5 Å². The van der Waals surface area contributed by atoms with Gasteiger partial charge in [-0.2, -0.15) is 13.2 Å². The highest BCUT2D eigenvalue weighted by molar-refractivity contribution is 5.54. The number of aliphatic hydroxyl groups is 1. The first-order valence-corrected chi connectivity index (χ1v) is 7.14. The van der Waals surface area contributed by atoms with Crippen molar-refractivity contribution < 1.29 is 27.8 Å². The van der Waals surface area contributed by atoms with Crippen LogP contribution < -0.4 is 14.8 Å². The summed E-state index contributed by atoms with van der Waals surface area (Å²) in [6.07, 6.45) is -4.44. The predicted octanol–water partition coefficient (Wildman–Crippen LogP) is 3.83. The summed E-state index contributed by atoms with van der Waals surface area (Å²) in [5.74, 6) is 1.24. The van der Waals surface area contributed by atoms with Crippen LogP contribution in [0.15, 0.2) is 36.4 Å². The van der Waals surface area contributed by atoms with E-state index in [-0.39, 0.29) is 5.56 Å². The number of hydrogen-bond acceptors (Lipinski definition) is 4. The average Bonchev–Trinajstić information content (AvgIpc) is 2.58. The normalized spacial score (nSPS) is 11.2. The minimum atomic E-state index is -4.44. The van der Waals surface area contributed by atoms with Gasteiger partial charge in [-0.05, 0) is 30.3 Å². The fourth-order valence-electron chi connectivity index (χ4n) is 2.26. The van der Waals surface area contributed by atoms with Gasteiger partial charge in [0, 0.05) is 29.4 Å². The Bertz CT molecular complexity index is 702. The van der Waals surface area contributed by atoms with Gasteiger partial charge in [0.05, 0.1) is 26.4 Å². The lowest BCUT2D eigenvalue weighted by Gasteiger charge is -2.15. The third-order valence-corrected chi connectivity index (χ3v) is 3.57. The van der Waals surface area contributed by atoms with Crippen molar-refractivity contribution in [1.82, 2.24) is 0 Å². The van der Waals surface area contributed by atoms with Crippen LogP contribution in [0.3, 0.4) is 0 Å². The number of hydrogen-bond donors (Lipinski definition) is 2. The zero-order valence-corrected chi connectivity index (χ0v) is 13.3. The maximum absolute atomic E-state index is 12.7. The molecule has 2 aromatic rings. The van der Waals surface area contributed by atoms with Gasteiger partial charge in [0.2, 0.25) is 0 Å². The summed E-state index contributed by atoms with van der Waals surface area (Å²) in [4.78, 5) is 0. The Hall–Kier alpha value is -2.41. The van der Waals surface area contributed by atoms with Crippen LogP contribution in [0.4, 0.5) is 18.9 Å². The maximum Gasteiger partial charge on any atom is 0.416 e. The summed E-state index contributed by atoms with van der Waals surface area (Å²) in [5.41, 5.74) is 0.627. The number of aliphatic hydroxyl groups excluding tert-OH is 1. The van der Waals surface area contributed by atoms with Gasteiger partial charge >= 0.3 is 6.18 Å². The molecule has 0 heterocycles. The van der Waals surface area contributed by atoms with E-state index in [0.717, 1.165) is 17.7 Å². The van der Waals surface area contributed by atoms with E-state index in [1.165, 1.54) is 13.2 Å². The molecule has 0 aliphatic rings. The van der Waals surface area contributed by atoms with Crippen LogP contribution in [0, 0.1) is 0 Å². The highest BCUT2D eigenvalue weighted by atomic mass is 19.4. The Morgan fingerprint density at radius 1 is 1.00 bits per heavy atom. The summed E-state index contributed by atoms with van der Waals surface area (Å²) in [6.45, 7) is -0.169. The van der Waals surface area contributed by atoms with Crippen LogP contribution >= 0.6 is 0 Å². The monoisotopic (exact) mass is 341 g/mol. The Labute approximate surface area is 137 Å². The van der Waals surface area contributed by atoms with Gasteiger partial charge in [0.25, 0.3) is 0 Å². The molecule has 0 unspecified atom stereocenters. The van der Waals surface area contributed by atoms with Gasteiger partial charge < -0.3 is 19.9 Å². The smallest absolute Gasteiger partial charge is 0.416 e. The van der Waals surface area contributed by atoms with E-state index in [2.05, 4.69) is 5.32 Å². The van der Waals surface area contributed by atoms with E-state index in [4.69, 9.17) is 9.47 Å². The zero-order chi connectivity index (χ0) is 17.7. The number of halogens is 3. The largest absolute Gasteiger partial charge is 0.497 e. The molecule has 130 valence electrons. The minimum Gasteiger partial charge on any atom is -0.497 e. The van der Waals surface area contributed by atoms with E-state index in [1.54, 1.807) is 25.3 Å². The molecule has 0 aliphatic carbocycles. The maximum atomic E-state index is 12.7. The van der Waals surface area contributed by atoms with Crippen molar-refractivity contribution in [2.75, 3.05) is 19.5 Å². The second-order valence-corrected chi connectivity index (χ2v) is 5.06. The molecule has 0 radical (unpaired) electrons. The van der Waals surface area contributed by atoms with Gasteiger partial charge in [-0.1, -0.05) is 0 Å². The van der Waals surface area contributed by atoms with Crippen molar-refractivity contribution in [2.24, 2.45) is 0 Å². The molecule has 0 aliphatic heterocycles. The Kier molecular flexibility index (Phi) is 5.56. The molecular weight excluding hydrogens is 323 g/mol. The van der Waals surface area contributed by atoms with Crippen molar-refractivity contribution in [2.45, 2.75) is 19.3 Å². The SMILES string of the molecule is COc1ccc(CNc2ccc(C(F)(F)F)cc2CO)c(OC)c1. The topological polar surface area (TPSA) is 50.7 Å². The number of methoxy groups -OCH3 is 2. The van der Waals surface area contributed by atoms with E-state index in [0.29, 0.717) is 23.7 Å². The van der Waals surface area contributed by atoms with E-state index < -0.39 is 18.3 Å². The standard InChI is InChI=1S/C17H18F3NO3/c1-23-14-5-3-11(16(8-14)24-2)9-21-15-6-4-13(17(18,19)20)7-12(15)10-22/h3-8,21-22H,9-10H2,1-2H3. The number of ether oxygens (including phenoxy) is 2. The van der Waals surface area contributed by atoms with Gasteiger partial charge in [-0.25, -0.2) is 0 Å². The van der Waals surface area contributed by atoms with E-state index >= 15 is 0 Å². The first-order valence-electron chi connectivity index (χ1n) is 7.14. The molecule has 0 amide bonds. The van der Waals surface area contributed by atoms with Gasteiger partial charge in [0.1, 0.15) is 11.5 Å². The molecule has 2 N–H and O–H groups in total. The first kappa shape index (κ1) is 17.9. The molecule has 0 spiro atoms. The average molecular weight is 341 g/mol. The summed E-state index contributed by atoms with van der Waals surface area (Å²) in [6, 6.07) is 8.51. The van der Waals surface area contributed by atoms with Crippen molar-refractivity contribution in [3.63, 3.8) is 0 Å². The summed E-state index contributed by atoms with van der Waals surface area (Å²) >= 11 is 0. The number of rotatable bonds is 6. The van der Waals surface area contributed by atoms with Crippen molar-refractivity contribution >= 4 is 5.69 Å². The fourth-order valence-corrected chi connectivity index (χ4v) is 2.26. The molecular formula is C17H18F3NO3. The number of alkyl halides is 3. The second kappa shape index (κ2) is 7.44. The van der Waals surface area contributed by atoms with Crippen molar-refractivity contribution in [3.05, 3.63) is 53.1 Å². The molecule has 4 nitrogen and oxygen atoms in total. The molecule has 7 heteroatoms. The molecule has 0 bridgehead atoms. The first-order chi connectivity index (χ1) is 11.4. The second-order valence-electron chi connectivity index (χ2n) is 5.06. The van der Waals surface area contributed by atoms with Crippen molar-refractivity contribution in [3.8, 4) is 11.5 Å². The Morgan fingerprint density at radius 2 is 1.75 bits per heavy atom. The highest BCUT2D eigenvalue weighted by Crippen LogP contribution is 2.32. The predicted molar refractivity (Wildman–Crippen MR) is 84.2 cm³/mol. The molecule has 24 heavy (non-hydrogen) atoms. The summed E-state index contributed by atoms with van der Waals surface area (Å²) in [5, 5.41) is 12.3. The fraction of sp³-hybridized carbons (Fsp3) is 0.294. The molecule has 2 rings (SSSR count). The lowest BCUT2D eigenvalue weighted by atomic mass is 10.1. The number of benzene rings is 2. The number of anilines is 1. The van der Waals surface area contributed by atoms with Crippen LogP contribution in [-0.2, 0) is 19.3 Å².